The third-order valence-corrected chi connectivity index (χ3v) is 4.65. The number of rotatable bonds is 3. The molecule has 118 valence electrons. The Labute approximate surface area is 131 Å². The molecule has 0 unspecified atom stereocenters. The Balaban J connectivity index is 1.78. The highest BCUT2D eigenvalue weighted by atomic mass is 16.5. The quantitative estimate of drug-likeness (QED) is 0.806. The lowest BCUT2D eigenvalue weighted by atomic mass is 9.91. The van der Waals surface area contributed by atoms with Crippen LogP contribution in [-0.2, 0) is 17.8 Å². The van der Waals surface area contributed by atoms with Gasteiger partial charge in [0.2, 0.25) is 5.91 Å². The first kappa shape index (κ1) is 14.9. The minimum Gasteiger partial charge on any atom is -0.493 e. The predicted octanol–water partition coefficient (Wildman–Crippen LogP) is 2.94. The fraction of sp³-hybridized carbons (Fsp3) is 0.500. The van der Waals surface area contributed by atoms with Gasteiger partial charge in [-0.05, 0) is 48.9 Å². The van der Waals surface area contributed by atoms with Crippen LogP contribution in [0, 0.1) is 5.92 Å². The van der Waals surface area contributed by atoms with E-state index in [0.717, 1.165) is 43.7 Å². The summed E-state index contributed by atoms with van der Waals surface area (Å²) in [5, 5.41) is 0. The number of carbonyl (C=O) groups excluding carboxylic acids is 1. The van der Waals surface area contributed by atoms with Crippen molar-refractivity contribution >= 4 is 5.91 Å². The molecule has 22 heavy (non-hydrogen) atoms. The van der Waals surface area contributed by atoms with E-state index in [1.165, 1.54) is 11.1 Å². The Morgan fingerprint density at radius 1 is 1.14 bits per heavy atom. The van der Waals surface area contributed by atoms with Crippen molar-refractivity contribution in [1.82, 2.24) is 4.90 Å². The molecule has 0 bridgehead atoms. The highest BCUT2D eigenvalue weighted by molar-refractivity contribution is 5.79. The van der Waals surface area contributed by atoms with Gasteiger partial charge < -0.3 is 14.4 Å². The van der Waals surface area contributed by atoms with Crippen molar-refractivity contribution in [3.05, 3.63) is 35.4 Å². The number of benzene rings is 1. The summed E-state index contributed by atoms with van der Waals surface area (Å²) in [6, 6.07) is 4.05. The third-order valence-electron chi connectivity index (χ3n) is 4.65. The number of ether oxygens (including phenoxy) is 2. The van der Waals surface area contributed by atoms with Gasteiger partial charge in [0.05, 0.1) is 14.2 Å². The van der Waals surface area contributed by atoms with Gasteiger partial charge >= 0.3 is 0 Å². The number of hydrogen-bond acceptors (Lipinski definition) is 3. The second-order valence-corrected chi connectivity index (χ2v) is 5.97. The topological polar surface area (TPSA) is 38.8 Å². The van der Waals surface area contributed by atoms with E-state index in [4.69, 9.17) is 9.47 Å². The Hall–Kier alpha value is -1.97. The summed E-state index contributed by atoms with van der Waals surface area (Å²) >= 11 is 0. The van der Waals surface area contributed by atoms with E-state index in [9.17, 15) is 4.79 Å². The Morgan fingerprint density at radius 3 is 2.50 bits per heavy atom. The molecule has 2 aliphatic rings. The predicted molar refractivity (Wildman–Crippen MR) is 85.1 cm³/mol. The first-order valence-electron chi connectivity index (χ1n) is 7.90. The van der Waals surface area contributed by atoms with E-state index >= 15 is 0 Å². The zero-order valence-electron chi connectivity index (χ0n) is 13.3. The largest absolute Gasteiger partial charge is 0.493 e. The van der Waals surface area contributed by atoms with Crippen LogP contribution in [0.25, 0.3) is 0 Å². The van der Waals surface area contributed by atoms with E-state index < -0.39 is 0 Å². The van der Waals surface area contributed by atoms with Crippen molar-refractivity contribution in [3.8, 4) is 11.5 Å². The van der Waals surface area contributed by atoms with Crippen molar-refractivity contribution < 1.29 is 14.3 Å². The summed E-state index contributed by atoms with van der Waals surface area (Å²) in [5.41, 5.74) is 2.42. The normalized spacial score (nSPS) is 20.5. The van der Waals surface area contributed by atoms with Crippen LogP contribution in [0.2, 0.25) is 0 Å². The zero-order valence-corrected chi connectivity index (χ0v) is 13.3. The molecular weight excluding hydrogens is 278 g/mol. The van der Waals surface area contributed by atoms with E-state index in [-0.39, 0.29) is 5.92 Å². The molecule has 0 radical (unpaired) electrons. The molecule has 1 amide bonds. The lowest BCUT2D eigenvalue weighted by Crippen LogP contribution is -2.40. The maximum atomic E-state index is 12.7. The van der Waals surface area contributed by atoms with Crippen molar-refractivity contribution in [2.75, 3.05) is 20.8 Å². The number of hydrogen-bond donors (Lipinski definition) is 0. The van der Waals surface area contributed by atoms with Crippen LogP contribution in [-0.4, -0.2) is 31.6 Å². The average Bonchev–Trinajstić information content (AvgIpc) is 2.60. The summed E-state index contributed by atoms with van der Waals surface area (Å²) in [6.07, 6.45) is 8.07. The van der Waals surface area contributed by atoms with Gasteiger partial charge in [-0.1, -0.05) is 12.2 Å². The molecule has 1 aromatic rings. The molecule has 1 aromatic carbocycles. The van der Waals surface area contributed by atoms with Crippen molar-refractivity contribution in [3.63, 3.8) is 0 Å². The van der Waals surface area contributed by atoms with Gasteiger partial charge in [-0.25, -0.2) is 0 Å². The number of amides is 1. The first-order valence-corrected chi connectivity index (χ1v) is 7.90. The van der Waals surface area contributed by atoms with Gasteiger partial charge in [-0.3, -0.25) is 4.79 Å². The average molecular weight is 301 g/mol. The number of fused-ring (bicyclic) bond motifs is 1. The van der Waals surface area contributed by atoms with Crippen LogP contribution in [0.4, 0.5) is 0 Å². The first-order chi connectivity index (χ1) is 10.7. The van der Waals surface area contributed by atoms with Crippen LogP contribution in [0.15, 0.2) is 24.3 Å². The molecule has 0 N–H and O–H groups in total. The second kappa shape index (κ2) is 6.42. The Morgan fingerprint density at radius 2 is 1.86 bits per heavy atom. The van der Waals surface area contributed by atoms with E-state index in [1.54, 1.807) is 14.2 Å². The van der Waals surface area contributed by atoms with E-state index in [0.29, 0.717) is 12.5 Å². The van der Waals surface area contributed by atoms with Gasteiger partial charge in [0.1, 0.15) is 0 Å². The Kier molecular flexibility index (Phi) is 4.36. The number of methoxy groups -OCH3 is 2. The number of nitrogens with zero attached hydrogens (tertiary/aromatic N) is 1. The summed E-state index contributed by atoms with van der Waals surface area (Å²) in [5.74, 6) is 1.95. The summed E-state index contributed by atoms with van der Waals surface area (Å²) in [7, 11) is 3.30. The summed E-state index contributed by atoms with van der Waals surface area (Å²) < 4.78 is 10.7. The van der Waals surface area contributed by atoms with Crippen molar-refractivity contribution in [2.24, 2.45) is 5.92 Å². The van der Waals surface area contributed by atoms with Crippen LogP contribution in [0.3, 0.4) is 0 Å². The molecule has 4 nitrogen and oxygen atoms in total. The molecule has 0 fully saturated rings. The molecule has 4 heteroatoms. The highest BCUT2D eigenvalue weighted by Crippen LogP contribution is 2.34. The lowest BCUT2D eigenvalue weighted by molar-refractivity contribution is -0.136. The van der Waals surface area contributed by atoms with Crippen molar-refractivity contribution in [1.29, 1.82) is 0 Å². The van der Waals surface area contributed by atoms with Crippen molar-refractivity contribution in [2.45, 2.75) is 32.2 Å². The SMILES string of the molecule is COc1cc2c(cc1OC)CN(C(=O)[C@H]1CC=CCC1)CC2. The molecule has 1 heterocycles. The molecule has 0 saturated heterocycles. The zero-order chi connectivity index (χ0) is 15.5. The van der Waals surface area contributed by atoms with Gasteiger partial charge in [0.15, 0.2) is 11.5 Å². The number of allylic oxidation sites excluding steroid dienone is 2. The molecule has 0 saturated carbocycles. The molecule has 1 aliphatic carbocycles. The molecule has 0 aromatic heterocycles. The third kappa shape index (κ3) is 2.82. The molecule has 3 rings (SSSR count). The molecule has 1 atom stereocenters. The van der Waals surface area contributed by atoms with E-state index in [1.807, 2.05) is 17.0 Å². The lowest BCUT2D eigenvalue weighted by Gasteiger charge is -2.32. The number of carbonyl (C=O) groups is 1. The van der Waals surface area contributed by atoms with E-state index in [2.05, 4.69) is 12.2 Å². The highest BCUT2D eigenvalue weighted by Gasteiger charge is 2.28. The standard InChI is InChI=1S/C18H23NO3/c1-21-16-10-14-8-9-19(12-15(14)11-17(16)22-2)18(20)13-6-4-3-5-7-13/h3-4,10-11,13H,5-9,12H2,1-2H3/t13-/m0/s1. The fourth-order valence-electron chi connectivity index (χ4n) is 3.35. The summed E-state index contributed by atoms with van der Waals surface area (Å²) in [6.45, 7) is 1.47. The van der Waals surface area contributed by atoms with Crippen LogP contribution < -0.4 is 9.47 Å². The minimum absolute atomic E-state index is 0.159. The minimum atomic E-state index is 0.159. The smallest absolute Gasteiger partial charge is 0.226 e. The maximum absolute atomic E-state index is 12.7. The summed E-state index contributed by atoms with van der Waals surface area (Å²) in [4.78, 5) is 14.7. The molecule has 0 spiro atoms. The maximum Gasteiger partial charge on any atom is 0.226 e. The molecular formula is C18H23NO3. The van der Waals surface area contributed by atoms with Gasteiger partial charge in [-0.15, -0.1) is 0 Å². The van der Waals surface area contributed by atoms with Crippen LogP contribution in [0.5, 0.6) is 11.5 Å². The fourth-order valence-corrected chi connectivity index (χ4v) is 3.35. The van der Waals surface area contributed by atoms with Gasteiger partial charge in [0, 0.05) is 19.0 Å². The Bertz CT molecular complexity index is 594. The molecule has 1 aliphatic heterocycles. The second-order valence-electron chi connectivity index (χ2n) is 5.97. The monoisotopic (exact) mass is 301 g/mol. The van der Waals surface area contributed by atoms with Gasteiger partial charge in [0.25, 0.3) is 0 Å². The van der Waals surface area contributed by atoms with Crippen LogP contribution in [0.1, 0.15) is 30.4 Å². The van der Waals surface area contributed by atoms with Crippen LogP contribution >= 0.6 is 0 Å². The van der Waals surface area contributed by atoms with Gasteiger partial charge in [-0.2, -0.15) is 0 Å².